The average Bonchev–Trinajstić information content (AvgIpc) is 3.07. The third kappa shape index (κ3) is 2.23. The van der Waals surface area contributed by atoms with E-state index in [-0.39, 0.29) is 7.92 Å². The van der Waals surface area contributed by atoms with Gasteiger partial charge in [0, 0.05) is 17.0 Å². The second-order valence-electron chi connectivity index (χ2n) is 5.67. The van der Waals surface area contributed by atoms with Crippen LogP contribution in [0.4, 0.5) is 0 Å². The van der Waals surface area contributed by atoms with Gasteiger partial charge in [0.15, 0.2) is 0 Å². The van der Waals surface area contributed by atoms with Gasteiger partial charge in [-0.1, -0.05) is 79.3 Å². The Balaban J connectivity index is 1.97. The molecule has 0 aliphatic heterocycles. The topological polar surface area (TPSA) is 0 Å². The summed E-state index contributed by atoms with van der Waals surface area (Å²) in [6, 6.07) is 0. The van der Waals surface area contributed by atoms with Gasteiger partial charge in [0.1, 0.15) is 0 Å². The van der Waals surface area contributed by atoms with E-state index >= 15 is 0 Å². The molecular weight excluding hydrogens is 247 g/mol. The van der Waals surface area contributed by atoms with Crippen LogP contribution in [0.3, 0.4) is 0 Å². The van der Waals surface area contributed by atoms with Crippen LogP contribution in [-0.4, -0.2) is 17.0 Å². The molecule has 0 aromatic rings. The third-order valence-corrected chi connectivity index (χ3v) is 7.99. The molecule has 3 unspecified atom stereocenters. The first kappa shape index (κ1) is 12.9. The number of hydrogen-bond donors (Lipinski definition) is 0. The summed E-state index contributed by atoms with van der Waals surface area (Å²) in [5.74, 6) is 0. The molecule has 0 aromatic carbocycles. The molecule has 3 aliphatic carbocycles. The molecule has 98 valence electrons. The molecule has 0 N–H and O–H groups in total. The van der Waals surface area contributed by atoms with Gasteiger partial charge in [0.2, 0.25) is 0 Å². The lowest BCUT2D eigenvalue weighted by molar-refractivity contribution is 1.11. The third-order valence-electron chi connectivity index (χ3n) is 4.32. The van der Waals surface area contributed by atoms with E-state index in [0.717, 1.165) is 0 Å². The minimum absolute atomic E-state index is 0.147. The van der Waals surface area contributed by atoms with Crippen LogP contribution in [0.5, 0.6) is 0 Å². The second-order valence-corrected chi connectivity index (χ2v) is 8.23. The Labute approximate surface area is 117 Å². The monoisotopic (exact) mass is 268 g/mol. The Hall–Kier alpha value is -1.13. The van der Waals surface area contributed by atoms with Gasteiger partial charge in [-0.15, -0.1) is 0 Å². The van der Waals surface area contributed by atoms with E-state index in [1.54, 1.807) is 0 Å². The Morgan fingerprint density at radius 3 is 1.16 bits per heavy atom. The van der Waals surface area contributed by atoms with Gasteiger partial charge in [-0.25, -0.2) is 0 Å². The summed E-state index contributed by atoms with van der Waals surface area (Å²) < 4.78 is 0. The molecule has 0 saturated carbocycles. The molecule has 0 fully saturated rings. The van der Waals surface area contributed by atoms with E-state index in [9.17, 15) is 0 Å². The fourth-order valence-electron chi connectivity index (χ4n) is 3.21. The zero-order valence-corrected chi connectivity index (χ0v) is 12.8. The molecule has 0 heterocycles. The summed E-state index contributed by atoms with van der Waals surface area (Å²) in [5.41, 5.74) is 6.53. The Morgan fingerprint density at radius 1 is 0.632 bits per heavy atom. The van der Waals surface area contributed by atoms with E-state index in [1.165, 1.54) is 16.7 Å². The van der Waals surface area contributed by atoms with Crippen molar-refractivity contribution < 1.29 is 0 Å². The van der Waals surface area contributed by atoms with Crippen molar-refractivity contribution >= 4 is 7.92 Å². The normalized spacial score (nSPS) is 33.6. The van der Waals surface area contributed by atoms with E-state index < -0.39 is 0 Å². The van der Waals surface area contributed by atoms with Crippen LogP contribution >= 0.6 is 7.92 Å². The highest BCUT2D eigenvalue weighted by Crippen LogP contribution is 2.60. The van der Waals surface area contributed by atoms with Gasteiger partial charge in [-0.3, -0.25) is 0 Å². The van der Waals surface area contributed by atoms with E-state index in [0.29, 0.717) is 17.0 Å². The lowest BCUT2D eigenvalue weighted by Crippen LogP contribution is -2.20. The van der Waals surface area contributed by atoms with Crippen LogP contribution in [0.15, 0.2) is 71.4 Å². The maximum atomic E-state index is 2.42. The zero-order valence-electron chi connectivity index (χ0n) is 11.9. The Bertz CT molecular complexity index is 473. The number of hydrogen-bond acceptors (Lipinski definition) is 0. The Morgan fingerprint density at radius 2 is 0.947 bits per heavy atom. The molecule has 19 heavy (non-hydrogen) atoms. The second kappa shape index (κ2) is 5.10. The van der Waals surface area contributed by atoms with Gasteiger partial charge in [0.05, 0.1) is 0 Å². The van der Waals surface area contributed by atoms with E-state index in [4.69, 9.17) is 0 Å². The van der Waals surface area contributed by atoms with E-state index in [1.807, 2.05) is 0 Å². The highest BCUT2D eigenvalue weighted by Gasteiger charge is 2.36. The molecule has 1 heteroatoms. The molecule has 0 amide bonds. The number of allylic oxidation sites excluding steroid dienone is 12. The highest BCUT2D eigenvalue weighted by molar-refractivity contribution is 7.61. The van der Waals surface area contributed by atoms with Crippen LogP contribution in [0, 0.1) is 0 Å². The molecule has 0 nitrogen and oxygen atoms in total. The molecule has 0 aromatic heterocycles. The first-order chi connectivity index (χ1) is 9.18. The van der Waals surface area contributed by atoms with Crippen molar-refractivity contribution in [3.63, 3.8) is 0 Å². The minimum atomic E-state index is -0.147. The van der Waals surface area contributed by atoms with Crippen molar-refractivity contribution in [2.45, 2.75) is 37.7 Å². The zero-order chi connectivity index (χ0) is 13.4. The largest absolute Gasteiger partial charge is 0.0730 e. The standard InChI is InChI=1S/C18H21P/c1-13-7-4-10-16(13)19(17-11-5-8-14(17)2)18-12-6-9-15(18)3/h4-12,16-18H,1-3H3. The summed E-state index contributed by atoms with van der Waals surface area (Å²) in [7, 11) is -0.147. The molecular formula is C18H21P. The summed E-state index contributed by atoms with van der Waals surface area (Å²) >= 11 is 0. The summed E-state index contributed by atoms with van der Waals surface area (Å²) in [4.78, 5) is 0. The molecule has 0 spiro atoms. The van der Waals surface area contributed by atoms with Crippen molar-refractivity contribution in [1.82, 2.24) is 0 Å². The molecule has 0 saturated heterocycles. The Kier molecular flexibility index (Phi) is 3.46. The van der Waals surface area contributed by atoms with Crippen molar-refractivity contribution in [2.75, 3.05) is 0 Å². The maximum absolute atomic E-state index is 2.42. The van der Waals surface area contributed by atoms with Crippen molar-refractivity contribution in [1.29, 1.82) is 0 Å². The van der Waals surface area contributed by atoms with Crippen LogP contribution in [0.2, 0.25) is 0 Å². The molecule has 0 radical (unpaired) electrons. The van der Waals surface area contributed by atoms with Crippen molar-refractivity contribution in [2.24, 2.45) is 0 Å². The summed E-state index contributed by atoms with van der Waals surface area (Å²) in [6.45, 7) is 6.86. The maximum Gasteiger partial charge on any atom is 0.0200 e. The van der Waals surface area contributed by atoms with Crippen LogP contribution in [0.1, 0.15) is 20.8 Å². The van der Waals surface area contributed by atoms with Crippen LogP contribution in [-0.2, 0) is 0 Å². The SMILES string of the molecule is CC1=CC=CC1P(C1C=CC=C1C)C1C=CC=C1C. The van der Waals surface area contributed by atoms with Gasteiger partial charge in [-0.05, 0) is 20.8 Å². The van der Waals surface area contributed by atoms with Gasteiger partial charge < -0.3 is 0 Å². The van der Waals surface area contributed by atoms with Gasteiger partial charge in [0.25, 0.3) is 0 Å². The molecule has 3 atom stereocenters. The minimum Gasteiger partial charge on any atom is -0.0730 e. The van der Waals surface area contributed by atoms with Gasteiger partial charge in [-0.2, -0.15) is 0 Å². The first-order valence-corrected chi connectivity index (χ1v) is 8.56. The van der Waals surface area contributed by atoms with Crippen molar-refractivity contribution in [3.05, 3.63) is 71.4 Å². The van der Waals surface area contributed by atoms with E-state index in [2.05, 4.69) is 75.5 Å². The highest BCUT2D eigenvalue weighted by atomic mass is 31.1. The fraction of sp³-hybridized carbons (Fsp3) is 0.333. The predicted molar refractivity (Wildman–Crippen MR) is 87.0 cm³/mol. The quantitative estimate of drug-likeness (QED) is 0.623. The molecule has 0 bridgehead atoms. The smallest absolute Gasteiger partial charge is 0.0200 e. The summed E-state index contributed by atoms with van der Waals surface area (Å²) in [6.07, 6.45) is 20.8. The average molecular weight is 268 g/mol. The lowest BCUT2D eigenvalue weighted by atomic mass is 10.2. The van der Waals surface area contributed by atoms with Crippen LogP contribution < -0.4 is 0 Å². The molecule has 3 rings (SSSR count). The fourth-order valence-corrected chi connectivity index (χ4v) is 6.81. The molecule has 3 aliphatic rings. The number of rotatable bonds is 3. The van der Waals surface area contributed by atoms with Gasteiger partial charge >= 0.3 is 0 Å². The summed E-state index contributed by atoms with van der Waals surface area (Å²) in [5, 5.41) is 0. The first-order valence-electron chi connectivity index (χ1n) is 7.01. The van der Waals surface area contributed by atoms with Crippen LogP contribution in [0.25, 0.3) is 0 Å². The van der Waals surface area contributed by atoms with Crippen molar-refractivity contribution in [3.8, 4) is 0 Å². The predicted octanol–water partition coefficient (Wildman–Crippen LogP) is 5.12. The lowest BCUT2D eigenvalue weighted by Gasteiger charge is -2.35.